The zero-order valence-electron chi connectivity index (χ0n) is 6.88. The summed E-state index contributed by atoms with van der Waals surface area (Å²) in [6.07, 6.45) is -4.88. The van der Waals surface area contributed by atoms with Gasteiger partial charge in [0.05, 0.1) is 5.69 Å². The normalized spacial score (nSPS) is 11.4. The molecule has 1 aromatic rings. The van der Waals surface area contributed by atoms with Crippen molar-refractivity contribution in [3.8, 4) is 11.6 Å². The smallest absolute Gasteiger partial charge is 0.503 e. The van der Waals surface area contributed by atoms with Crippen LogP contribution in [-0.2, 0) is 6.54 Å². The van der Waals surface area contributed by atoms with E-state index in [-0.39, 0.29) is 12.2 Å². The molecule has 0 aromatic carbocycles. The van der Waals surface area contributed by atoms with Gasteiger partial charge in [-0.15, -0.1) is 13.2 Å². The molecule has 0 fully saturated rings. The zero-order chi connectivity index (χ0) is 10.8. The highest BCUT2D eigenvalue weighted by molar-refractivity contribution is 5.33. The number of pyridine rings is 1. The molecule has 0 aliphatic heterocycles. The Balaban J connectivity index is 2.95. The molecule has 0 saturated carbocycles. The van der Waals surface area contributed by atoms with Gasteiger partial charge < -0.3 is 15.6 Å². The maximum absolute atomic E-state index is 11.8. The summed E-state index contributed by atoms with van der Waals surface area (Å²) in [7, 11) is 0. The van der Waals surface area contributed by atoms with Crippen LogP contribution in [0.2, 0.25) is 0 Å². The second-order valence-electron chi connectivity index (χ2n) is 2.38. The molecule has 0 radical (unpaired) electrons. The van der Waals surface area contributed by atoms with Crippen LogP contribution in [0.1, 0.15) is 5.69 Å². The highest BCUT2D eigenvalue weighted by Gasteiger charge is 2.33. The van der Waals surface area contributed by atoms with Crippen LogP contribution in [0.4, 0.5) is 13.2 Å². The van der Waals surface area contributed by atoms with Crippen LogP contribution in [0.3, 0.4) is 0 Å². The lowest BCUT2D eigenvalue weighted by Gasteiger charge is -2.09. The number of alkyl halides is 3. The number of ether oxygens (including phenoxy) is 1. The molecule has 0 bridgehead atoms. The number of hydrogen-bond acceptors (Lipinski definition) is 4. The Bertz CT molecular complexity index is 327. The van der Waals surface area contributed by atoms with Gasteiger partial charge in [-0.1, -0.05) is 0 Å². The molecule has 78 valence electrons. The molecule has 0 amide bonds. The van der Waals surface area contributed by atoms with Crippen LogP contribution in [-0.4, -0.2) is 16.5 Å². The van der Waals surface area contributed by atoms with E-state index in [1.165, 1.54) is 6.07 Å². The second kappa shape index (κ2) is 3.70. The Morgan fingerprint density at radius 2 is 2.07 bits per heavy atom. The average molecular weight is 208 g/mol. The van der Waals surface area contributed by atoms with Crippen molar-refractivity contribution >= 4 is 0 Å². The SMILES string of the molecule is NCc1ccc(O)c(OC(F)(F)F)n1. The van der Waals surface area contributed by atoms with Gasteiger partial charge >= 0.3 is 6.36 Å². The molecule has 14 heavy (non-hydrogen) atoms. The average Bonchev–Trinajstić information content (AvgIpc) is 2.06. The van der Waals surface area contributed by atoms with E-state index in [0.29, 0.717) is 0 Å². The summed E-state index contributed by atoms with van der Waals surface area (Å²) in [6, 6.07) is 2.34. The predicted octanol–water partition coefficient (Wildman–Crippen LogP) is 1.14. The third-order valence-electron chi connectivity index (χ3n) is 1.32. The monoisotopic (exact) mass is 208 g/mol. The lowest BCUT2D eigenvalue weighted by molar-refractivity contribution is -0.276. The summed E-state index contributed by atoms with van der Waals surface area (Å²) in [5, 5.41) is 8.97. The minimum absolute atomic E-state index is 0.0332. The van der Waals surface area contributed by atoms with Gasteiger partial charge in [-0.25, -0.2) is 4.98 Å². The van der Waals surface area contributed by atoms with Crippen LogP contribution < -0.4 is 10.5 Å². The molecule has 4 nitrogen and oxygen atoms in total. The lowest BCUT2D eigenvalue weighted by atomic mass is 10.3. The summed E-state index contributed by atoms with van der Waals surface area (Å²) in [5.41, 5.74) is 5.35. The fraction of sp³-hybridized carbons (Fsp3) is 0.286. The summed E-state index contributed by atoms with van der Waals surface area (Å²) in [6.45, 7) is -0.0332. The van der Waals surface area contributed by atoms with Crippen molar-refractivity contribution in [2.45, 2.75) is 12.9 Å². The van der Waals surface area contributed by atoms with E-state index < -0.39 is 18.0 Å². The van der Waals surface area contributed by atoms with Crippen LogP contribution in [0, 0.1) is 0 Å². The third-order valence-corrected chi connectivity index (χ3v) is 1.32. The minimum Gasteiger partial charge on any atom is -0.503 e. The third kappa shape index (κ3) is 2.77. The summed E-state index contributed by atoms with van der Waals surface area (Å²) < 4.78 is 38.7. The van der Waals surface area contributed by atoms with E-state index in [0.717, 1.165) is 6.07 Å². The maximum Gasteiger partial charge on any atom is 0.574 e. The Hall–Kier alpha value is -1.50. The van der Waals surface area contributed by atoms with Crippen molar-refractivity contribution in [3.63, 3.8) is 0 Å². The first kappa shape index (κ1) is 10.6. The largest absolute Gasteiger partial charge is 0.574 e. The number of nitrogens with two attached hydrogens (primary N) is 1. The van der Waals surface area contributed by atoms with E-state index in [4.69, 9.17) is 10.8 Å². The van der Waals surface area contributed by atoms with Crippen molar-refractivity contribution in [1.29, 1.82) is 0 Å². The highest BCUT2D eigenvalue weighted by atomic mass is 19.4. The summed E-state index contributed by atoms with van der Waals surface area (Å²) in [5.74, 6) is -1.57. The topological polar surface area (TPSA) is 68.4 Å². The van der Waals surface area contributed by atoms with Crippen LogP contribution in [0.5, 0.6) is 11.6 Å². The van der Waals surface area contributed by atoms with Gasteiger partial charge in [0.1, 0.15) is 0 Å². The Morgan fingerprint density at radius 3 is 2.57 bits per heavy atom. The highest BCUT2D eigenvalue weighted by Crippen LogP contribution is 2.28. The van der Waals surface area contributed by atoms with Crippen molar-refractivity contribution < 1.29 is 23.0 Å². The number of halogens is 3. The molecular formula is C7H7F3N2O2. The van der Waals surface area contributed by atoms with Gasteiger partial charge in [0.15, 0.2) is 5.75 Å². The molecule has 0 saturated heterocycles. The van der Waals surface area contributed by atoms with Gasteiger partial charge in [-0.3, -0.25) is 0 Å². The number of nitrogens with zero attached hydrogens (tertiary/aromatic N) is 1. The van der Waals surface area contributed by atoms with E-state index in [9.17, 15) is 13.2 Å². The lowest BCUT2D eigenvalue weighted by Crippen LogP contribution is -2.18. The molecule has 1 aromatic heterocycles. The van der Waals surface area contributed by atoms with Crippen LogP contribution in [0.25, 0.3) is 0 Å². The number of aromatic nitrogens is 1. The van der Waals surface area contributed by atoms with E-state index in [1.54, 1.807) is 0 Å². The second-order valence-corrected chi connectivity index (χ2v) is 2.38. The number of hydrogen-bond donors (Lipinski definition) is 2. The molecule has 0 aliphatic carbocycles. The Morgan fingerprint density at radius 1 is 1.43 bits per heavy atom. The van der Waals surface area contributed by atoms with E-state index >= 15 is 0 Å². The van der Waals surface area contributed by atoms with Gasteiger partial charge in [-0.05, 0) is 12.1 Å². The van der Waals surface area contributed by atoms with Crippen LogP contribution >= 0.6 is 0 Å². The molecule has 0 atom stereocenters. The molecular weight excluding hydrogens is 201 g/mol. The molecule has 0 spiro atoms. The number of aromatic hydroxyl groups is 1. The first-order valence-electron chi connectivity index (χ1n) is 3.57. The fourth-order valence-electron chi connectivity index (χ4n) is 0.770. The minimum atomic E-state index is -4.88. The van der Waals surface area contributed by atoms with Gasteiger partial charge in [-0.2, -0.15) is 0 Å². The first-order valence-corrected chi connectivity index (χ1v) is 3.57. The first-order chi connectivity index (χ1) is 6.42. The molecule has 0 unspecified atom stereocenters. The Kier molecular flexibility index (Phi) is 2.80. The van der Waals surface area contributed by atoms with Crippen LogP contribution in [0.15, 0.2) is 12.1 Å². The molecule has 7 heteroatoms. The van der Waals surface area contributed by atoms with E-state index in [1.807, 2.05) is 0 Å². The maximum atomic E-state index is 11.8. The van der Waals surface area contributed by atoms with Crippen molar-refractivity contribution in [2.24, 2.45) is 5.73 Å². The summed E-state index contributed by atoms with van der Waals surface area (Å²) in [4.78, 5) is 3.36. The van der Waals surface area contributed by atoms with Gasteiger partial charge in [0.2, 0.25) is 0 Å². The number of rotatable bonds is 2. The quantitative estimate of drug-likeness (QED) is 0.764. The molecule has 0 aliphatic rings. The standard InChI is InChI=1S/C7H7F3N2O2/c8-7(9,10)14-6-5(13)2-1-4(3-11)12-6/h1-2,13H,3,11H2. The molecule has 1 rings (SSSR count). The molecule has 1 heterocycles. The van der Waals surface area contributed by atoms with E-state index in [2.05, 4.69) is 9.72 Å². The van der Waals surface area contributed by atoms with Crippen molar-refractivity contribution in [2.75, 3.05) is 0 Å². The molecule has 3 N–H and O–H groups in total. The Labute approximate surface area is 77.1 Å². The van der Waals surface area contributed by atoms with Gasteiger partial charge in [0.25, 0.3) is 5.88 Å². The zero-order valence-corrected chi connectivity index (χ0v) is 6.88. The van der Waals surface area contributed by atoms with Crippen molar-refractivity contribution in [3.05, 3.63) is 17.8 Å². The van der Waals surface area contributed by atoms with Gasteiger partial charge in [0, 0.05) is 6.54 Å². The predicted molar refractivity (Wildman–Crippen MR) is 40.5 cm³/mol. The fourth-order valence-corrected chi connectivity index (χ4v) is 0.770. The summed E-state index contributed by atoms with van der Waals surface area (Å²) >= 11 is 0. The van der Waals surface area contributed by atoms with Crippen molar-refractivity contribution in [1.82, 2.24) is 4.98 Å².